The van der Waals surface area contributed by atoms with Crippen LogP contribution in [0.4, 0.5) is 5.95 Å². The Morgan fingerprint density at radius 3 is 2.45 bits per heavy atom. The fourth-order valence-electron chi connectivity index (χ4n) is 3.00. The molecule has 5 nitrogen and oxygen atoms in total. The second kappa shape index (κ2) is 7.88. The summed E-state index contributed by atoms with van der Waals surface area (Å²) in [6, 6.07) is 2.04. The van der Waals surface area contributed by atoms with Crippen molar-refractivity contribution in [2.75, 3.05) is 24.6 Å². The molecule has 0 saturated carbocycles. The zero-order valence-corrected chi connectivity index (χ0v) is 14.2. The summed E-state index contributed by atoms with van der Waals surface area (Å²) in [7, 11) is 0. The van der Waals surface area contributed by atoms with Crippen LogP contribution in [0.1, 0.15) is 57.3 Å². The lowest BCUT2D eigenvalue weighted by atomic mass is 9.94. The number of rotatable bonds is 7. The molecule has 0 amide bonds. The molecule has 0 unspecified atom stereocenters. The van der Waals surface area contributed by atoms with Gasteiger partial charge >= 0.3 is 0 Å². The van der Waals surface area contributed by atoms with Crippen molar-refractivity contribution in [2.45, 2.75) is 65.0 Å². The van der Waals surface area contributed by atoms with Crippen LogP contribution in [0.15, 0.2) is 6.07 Å². The lowest BCUT2D eigenvalue weighted by Crippen LogP contribution is -2.47. The third-order valence-electron chi connectivity index (χ3n) is 4.84. The van der Waals surface area contributed by atoms with Gasteiger partial charge in [0.2, 0.25) is 5.95 Å². The predicted molar refractivity (Wildman–Crippen MR) is 90.1 cm³/mol. The maximum atomic E-state index is 9.66. The van der Waals surface area contributed by atoms with Crippen molar-refractivity contribution >= 4 is 5.95 Å². The normalized spacial score (nSPS) is 16.1. The Balaban J connectivity index is 2.09. The zero-order valence-electron chi connectivity index (χ0n) is 14.2. The van der Waals surface area contributed by atoms with Crippen LogP contribution in [0.3, 0.4) is 0 Å². The monoisotopic (exact) mass is 306 g/mol. The van der Waals surface area contributed by atoms with Crippen molar-refractivity contribution < 1.29 is 5.11 Å². The van der Waals surface area contributed by atoms with Crippen LogP contribution in [0.25, 0.3) is 0 Å². The molecule has 0 radical (unpaired) electrons. The zero-order chi connectivity index (χ0) is 16.0. The molecule has 0 aromatic carbocycles. The van der Waals surface area contributed by atoms with Crippen LogP contribution >= 0.6 is 0 Å². The Kier molecular flexibility index (Phi) is 6.15. The Morgan fingerprint density at radius 2 is 1.86 bits per heavy atom. The summed E-state index contributed by atoms with van der Waals surface area (Å²) in [5, 5.41) is 13.2. The van der Waals surface area contributed by atoms with E-state index in [2.05, 4.69) is 29.0 Å². The summed E-state index contributed by atoms with van der Waals surface area (Å²) < 4.78 is 0. The van der Waals surface area contributed by atoms with Gasteiger partial charge < -0.3 is 15.3 Å². The molecule has 0 aliphatic carbocycles. The number of aliphatic hydroxyl groups excluding tert-OH is 1. The average molecular weight is 306 g/mol. The first-order chi connectivity index (χ1) is 10.6. The second-order valence-electron chi connectivity index (χ2n) is 6.35. The SMILES string of the molecule is CCC(CC)(CO)NCc1cc(C)nc(N2CCCCC2)n1. The van der Waals surface area contributed by atoms with Crippen molar-refractivity contribution in [3.8, 4) is 0 Å². The highest BCUT2D eigenvalue weighted by Gasteiger charge is 2.24. The largest absolute Gasteiger partial charge is 0.394 e. The molecule has 124 valence electrons. The second-order valence-corrected chi connectivity index (χ2v) is 6.35. The Labute approximate surface area is 134 Å². The summed E-state index contributed by atoms with van der Waals surface area (Å²) in [6.07, 6.45) is 5.57. The molecule has 1 aliphatic rings. The van der Waals surface area contributed by atoms with Gasteiger partial charge in [0, 0.05) is 30.9 Å². The lowest BCUT2D eigenvalue weighted by molar-refractivity contribution is 0.149. The van der Waals surface area contributed by atoms with Gasteiger partial charge in [0.15, 0.2) is 0 Å². The topological polar surface area (TPSA) is 61.3 Å². The van der Waals surface area contributed by atoms with Crippen LogP contribution in [-0.2, 0) is 6.54 Å². The molecular formula is C17H30N4O. The number of anilines is 1. The average Bonchev–Trinajstić information content (AvgIpc) is 2.57. The van der Waals surface area contributed by atoms with E-state index in [4.69, 9.17) is 4.98 Å². The highest BCUT2D eigenvalue weighted by atomic mass is 16.3. The fourth-order valence-corrected chi connectivity index (χ4v) is 3.00. The Hall–Kier alpha value is -1.20. The molecule has 1 fully saturated rings. The first kappa shape index (κ1) is 17.2. The highest BCUT2D eigenvalue weighted by Crippen LogP contribution is 2.18. The van der Waals surface area contributed by atoms with Crippen LogP contribution in [0, 0.1) is 6.92 Å². The highest BCUT2D eigenvalue weighted by molar-refractivity contribution is 5.32. The Morgan fingerprint density at radius 1 is 1.18 bits per heavy atom. The van der Waals surface area contributed by atoms with Gasteiger partial charge in [0.05, 0.1) is 12.3 Å². The van der Waals surface area contributed by atoms with E-state index in [1.54, 1.807) is 0 Å². The minimum Gasteiger partial charge on any atom is -0.394 e. The van der Waals surface area contributed by atoms with Crippen molar-refractivity contribution in [3.05, 3.63) is 17.5 Å². The number of hydrogen-bond donors (Lipinski definition) is 2. The minimum atomic E-state index is -0.204. The standard InChI is InChI=1S/C17H30N4O/c1-4-17(5-2,13-22)18-12-15-11-14(3)19-16(20-15)21-9-7-6-8-10-21/h11,18,22H,4-10,12-13H2,1-3H3. The van der Waals surface area contributed by atoms with Gasteiger partial charge in [-0.05, 0) is 45.1 Å². The number of aryl methyl sites for hydroxylation is 1. The van der Waals surface area contributed by atoms with E-state index in [1.807, 2.05) is 13.0 Å². The molecule has 0 bridgehead atoms. The molecule has 22 heavy (non-hydrogen) atoms. The summed E-state index contributed by atoms with van der Waals surface area (Å²) in [4.78, 5) is 11.6. The molecule has 2 rings (SSSR count). The van der Waals surface area contributed by atoms with Crippen molar-refractivity contribution in [3.63, 3.8) is 0 Å². The summed E-state index contributed by atoms with van der Waals surface area (Å²) in [5.41, 5.74) is 1.81. The molecule has 1 aromatic heterocycles. The lowest BCUT2D eigenvalue weighted by Gasteiger charge is -2.31. The molecule has 5 heteroatoms. The summed E-state index contributed by atoms with van der Waals surface area (Å²) in [6.45, 7) is 9.18. The number of nitrogens with one attached hydrogen (secondary N) is 1. The van der Waals surface area contributed by atoms with Gasteiger partial charge in [-0.25, -0.2) is 9.97 Å². The van der Waals surface area contributed by atoms with E-state index >= 15 is 0 Å². The first-order valence-corrected chi connectivity index (χ1v) is 8.58. The number of hydrogen-bond acceptors (Lipinski definition) is 5. The smallest absolute Gasteiger partial charge is 0.225 e. The van der Waals surface area contributed by atoms with Crippen LogP contribution in [0.2, 0.25) is 0 Å². The molecule has 1 saturated heterocycles. The van der Waals surface area contributed by atoms with Gasteiger partial charge in [-0.1, -0.05) is 13.8 Å². The van der Waals surface area contributed by atoms with E-state index < -0.39 is 0 Å². The van der Waals surface area contributed by atoms with E-state index in [0.29, 0.717) is 6.54 Å². The number of aromatic nitrogens is 2. The van der Waals surface area contributed by atoms with Crippen LogP contribution in [0.5, 0.6) is 0 Å². The maximum Gasteiger partial charge on any atom is 0.225 e. The van der Waals surface area contributed by atoms with Crippen LogP contribution < -0.4 is 10.2 Å². The van der Waals surface area contributed by atoms with Crippen molar-refractivity contribution in [1.29, 1.82) is 0 Å². The summed E-state index contributed by atoms with van der Waals surface area (Å²) in [5.74, 6) is 0.860. The number of piperidine rings is 1. The maximum absolute atomic E-state index is 9.66. The molecular weight excluding hydrogens is 276 g/mol. The first-order valence-electron chi connectivity index (χ1n) is 8.58. The van der Waals surface area contributed by atoms with Gasteiger partial charge in [-0.2, -0.15) is 0 Å². The van der Waals surface area contributed by atoms with Gasteiger partial charge in [0.25, 0.3) is 0 Å². The van der Waals surface area contributed by atoms with Crippen LogP contribution in [-0.4, -0.2) is 40.3 Å². The third kappa shape index (κ3) is 4.17. The van der Waals surface area contributed by atoms with E-state index in [1.165, 1.54) is 19.3 Å². The van der Waals surface area contributed by atoms with E-state index in [-0.39, 0.29) is 12.1 Å². The molecule has 1 aliphatic heterocycles. The molecule has 0 spiro atoms. The summed E-state index contributed by atoms with van der Waals surface area (Å²) >= 11 is 0. The third-order valence-corrected chi connectivity index (χ3v) is 4.84. The van der Waals surface area contributed by atoms with Gasteiger partial charge in [0.1, 0.15) is 0 Å². The van der Waals surface area contributed by atoms with Gasteiger partial charge in [-0.3, -0.25) is 0 Å². The van der Waals surface area contributed by atoms with Crippen molar-refractivity contribution in [1.82, 2.24) is 15.3 Å². The van der Waals surface area contributed by atoms with E-state index in [9.17, 15) is 5.11 Å². The molecule has 0 atom stereocenters. The number of nitrogens with zero attached hydrogens (tertiary/aromatic N) is 3. The fraction of sp³-hybridized carbons (Fsp3) is 0.765. The molecule has 2 heterocycles. The number of aliphatic hydroxyl groups is 1. The van der Waals surface area contributed by atoms with E-state index in [0.717, 1.165) is 43.3 Å². The minimum absolute atomic E-state index is 0.156. The van der Waals surface area contributed by atoms with Gasteiger partial charge in [-0.15, -0.1) is 0 Å². The Bertz CT molecular complexity index is 459. The van der Waals surface area contributed by atoms with Crippen molar-refractivity contribution in [2.24, 2.45) is 0 Å². The molecule has 1 aromatic rings. The predicted octanol–water partition coefficient (Wildman–Crippen LogP) is 2.42. The molecule has 2 N–H and O–H groups in total. The quantitative estimate of drug-likeness (QED) is 0.810.